The van der Waals surface area contributed by atoms with E-state index in [4.69, 9.17) is 3.97 Å². The van der Waals surface area contributed by atoms with Gasteiger partial charge in [-0.25, -0.2) is 9.34 Å². The molecule has 0 aliphatic carbocycles. The van der Waals surface area contributed by atoms with Gasteiger partial charge in [0.05, 0.1) is 6.26 Å². The zero-order valence-electron chi connectivity index (χ0n) is 11.5. The van der Waals surface area contributed by atoms with E-state index in [0.29, 0.717) is 26.2 Å². The summed E-state index contributed by atoms with van der Waals surface area (Å²) in [5.74, 6) is 0. The fraction of sp³-hybridized carbons (Fsp3) is 1.00. The van der Waals surface area contributed by atoms with Gasteiger partial charge < -0.3 is 0 Å². The zero-order chi connectivity index (χ0) is 13.9. The average molecular weight is 310 g/mol. The Balaban J connectivity index is 2.22. The lowest BCUT2D eigenvalue weighted by molar-refractivity contribution is 0.235. The first kappa shape index (κ1) is 15.4. The molecule has 0 spiro atoms. The van der Waals surface area contributed by atoms with Crippen molar-refractivity contribution in [2.24, 2.45) is 0 Å². The minimum Gasteiger partial charge on any atom is -0.254 e. The van der Waals surface area contributed by atoms with E-state index in [2.05, 4.69) is 0 Å². The first-order chi connectivity index (χ1) is 8.92. The molecule has 0 N–H and O–H groups in total. The zero-order valence-corrected chi connectivity index (χ0v) is 13.2. The predicted octanol–water partition coefficient (Wildman–Crippen LogP) is 2.04. The summed E-state index contributed by atoms with van der Waals surface area (Å²) in [6.07, 6.45) is 6.99. The molecule has 0 aromatic carbocycles. The van der Waals surface area contributed by atoms with Crippen molar-refractivity contribution >= 4 is 17.8 Å². The third-order valence-electron chi connectivity index (χ3n) is 3.61. The topological polar surface area (TPSA) is 66.9 Å². The molecule has 0 bridgehead atoms. The van der Waals surface area contributed by atoms with E-state index in [1.54, 1.807) is 9.34 Å². The van der Waals surface area contributed by atoms with Crippen molar-refractivity contribution in [2.75, 3.05) is 32.4 Å². The van der Waals surface area contributed by atoms with Crippen molar-refractivity contribution in [3.05, 3.63) is 0 Å². The number of nitrogens with zero attached hydrogens (tertiary/aromatic N) is 2. The molecule has 112 valence electrons. The summed E-state index contributed by atoms with van der Waals surface area (Å²) in [7, 11) is -7.14. The standard InChI is InChI=1S/C11H23N2O4PS/c1-19(15,16)17-18(14,12-8-4-2-5-9-12)13-10-6-3-7-11-13/h2-11H2,1H3. The first-order valence-electron chi connectivity index (χ1n) is 6.94. The van der Waals surface area contributed by atoms with Crippen LogP contribution < -0.4 is 0 Å². The van der Waals surface area contributed by atoms with Gasteiger partial charge >= 0.3 is 7.67 Å². The van der Waals surface area contributed by atoms with Crippen molar-refractivity contribution in [3.63, 3.8) is 0 Å². The lowest BCUT2D eigenvalue weighted by Crippen LogP contribution is -2.39. The monoisotopic (exact) mass is 310 g/mol. The molecule has 2 aliphatic heterocycles. The highest BCUT2D eigenvalue weighted by molar-refractivity contribution is 7.90. The van der Waals surface area contributed by atoms with Crippen LogP contribution in [0.4, 0.5) is 0 Å². The molecule has 2 heterocycles. The quantitative estimate of drug-likeness (QED) is 0.740. The van der Waals surface area contributed by atoms with Crippen LogP contribution in [0.25, 0.3) is 0 Å². The molecule has 8 heteroatoms. The Morgan fingerprint density at radius 3 is 1.53 bits per heavy atom. The van der Waals surface area contributed by atoms with Gasteiger partial charge in [-0.05, 0) is 25.7 Å². The average Bonchev–Trinajstić information content (AvgIpc) is 2.39. The van der Waals surface area contributed by atoms with Gasteiger partial charge in [0.2, 0.25) is 0 Å². The van der Waals surface area contributed by atoms with Crippen LogP contribution in [0.1, 0.15) is 38.5 Å². The minimum absolute atomic E-state index is 0.656. The molecule has 0 unspecified atom stereocenters. The molecule has 0 radical (unpaired) electrons. The van der Waals surface area contributed by atoms with Gasteiger partial charge in [-0.2, -0.15) is 12.4 Å². The van der Waals surface area contributed by atoms with Gasteiger partial charge in [0, 0.05) is 26.2 Å². The molecular formula is C11H23N2O4PS. The van der Waals surface area contributed by atoms with Gasteiger partial charge in [0.25, 0.3) is 10.1 Å². The van der Waals surface area contributed by atoms with Gasteiger partial charge in [0.15, 0.2) is 0 Å². The third kappa shape index (κ3) is 4.02. The number of rotatable bonds is 4. The highest BCUT2D eigenvalue weighted by atomic mass is 32.2. The van der Waals surface area contributed by atoms with Crippen LogP contribution in [0.2, 0.25) is 0 Å². The lowest BCUT2D eigenvalue weighted by atomic mass is 10.2. The highest BCUT2D eigenvalue weighted by Crippen LogP contribution is 2.57. The van der Waals surface area contributed by atoms with Crippen LogP contribution in [0.3, 0.4) is 0 Å². The molecule has 2 rings (SSSR count). The second kappa shape index (κ2) is 6.22. The van der Waals surface area contributed by atoms with Crippen LogP contribution >= 0.6 is 7.67 Å². The van der Waals surface area contributed by atoms with Crippen LogP contribution in [0, 0.1) is 0 Å². The lowest BCUT2D eigenvalue weighted by Gasteiger charge is -2.40. The maximum atomic E-state index is 13.2. The van der Waals surface area contributed by atoms with Crippen LogP contribution in [-0.4, -0.2) is 50.2 Å². The maximum Gasteiger partial charge on any atom is 0.360 e. The summed E-state index contributed by atoms with van der Waals surface area (Å²) in [4.78, 5) is 0. The van der Waals surface area contributed by atoms with E-state index in [0.717, 1.165) is 44.8 Å². The summed E-state index contributed by atoms with van der Waals surface area (Å²) >= 11 is 0. The molecule has 2 saturated heterocycles. The summed E-state index contributed by atoms with van der Waals surface area (Å²) < 4.78 is 44.7. The minimum atomic E-state index is -3.73. The maximum absolute atomic E-state index is 13.2. The molecular weight excluding hydrogens is 287 g/mol. The van der Waals surface area contributed by atoms with E-state index in [9.17, 15) is 13.0 Å². The SMILES string of the molecule is CS(=O)(=O)OP(=O)(N1CCCCC1)N1CCCCC1. The molecule has 0 saturated carbocycles. The molecule has 0 amide bonds. The van der Waals surface area contributed by atoms with Crippen LogP contribution in [0.5, 0.6) is 0 Å². The third-order valence-corrected chi connectivity index (χ3v) is 7.70. The van der Waals surface area contributed by atoms with E-state index in [1.165, 1.54) is 0 Å². The second-order valence-electron chi connectivity index (χ2n) is 5.30. The van der Waals surface area contributed by atoms with E-state index in [1.807, 2.05) is 0 Å². The normalized spacial score (nSPS) is 24.5. The summed E-state index contributed by atoms with van der Waals surface area (Å²) in [5.41, 5.74) is 0. The number of piperidine rings is 2. The van der Waals surface area contributed by atoms with Crippen molar-refractivity contribution < 1.29 is 17.0 Å². The highest BCUT2D eigenvalue weighted by Gasteiger charge is 2.42. The van der Waals surface area contributed by atoms with Gasteiger partial charge in [-0.3, -0.25) is 4.57 Å². The smallest absolute Gasteiger partial charge is 0.254 e. The number of hydrogen-bond donors (Lipinski definition) is 0. The Kier molecular flexibility index (Phi) is 5.06. The van der Waals surface area contributed by atoms with E-state index >= 15 is 0 Å². The number of hydrogen-bond acceptors (Lipinski definition) is 4. The Morgan fingerprint density at radius 2 is 1.21 bits per heavy atom. The Hall–Kier alpha value is 0.0600. The van der Waals surface area contributed by atoms with Gasteiger partial charge in [-0.15, -0.1) is 0 Å². The van der Waals surface area contributed by atoms with Crippen LogP contribution in [0.15, 0.2) is 0 Å². The van der Waals surface area contributed by atoms with Crippen molar-refractivity contribution in [3.8, 4) is 0 Å². The largest absolute Gasteiger partial charge is 0.360 e. The molecule has 6 nitrogen and oxygen atoms in total. The fourth-order valence-corrected chi connectivity index (χ4v) is 6.81. The van der Waals surface area contributed by atoms with Crippen LogP contribution in [-0.2, 0) is 18.7 Å². The molecule has 2 fully saturated rings. The van der Waals surface area contributed by atoms with E-state index < -0.39 is 17.8 Å². The predicted molar refractivity (Wildman–Crippen MR) is 74.4 cm³/mol. The summed E-state index contributed by atoms with van der Waals surface area (Å²) in [5, 5.41) is 0. The van der Waals surface area contributed by atoms with Gasteiger partial charge in [-0.1, -0.05) is 12.8 Å². The summed E-state index contributed by atoms with van der Waals surface area (Å²) in [6, 6.07) is 0. The molecule has 2 aliphatic rings. The first-order valence-corrected chi connectivity index (χ1v) is 10.3. The molecule has 19 heavy (non-hydrogen) atoms. The fourth-order valence-electron chi connectivity index (χ4n) is 2.71. The summed E-state index contributed by atoms with van der Waals surface area (Å²) in [6.45, 7) is 2.62. The Labute approximate surface area is 115 Å². The second-order valence-corrected chi connectivity index (χ2v) is 9.41. The van der Waals surface area contributed by atoms with Crippen molar-refractivity contribution in [1.82, 2.24) is 9.34 Å². The van der Waals surface area contributed by atoms with E-state index in [-0.39, 0.29) is 0 Å². The van der Waals surface area contributed by atoms with Crippen molar-refractivity contribution in [2.45, 2.75) is 38.5 Å². The molecule has 0 aromatic rings. The van der Waals surface area contributed by atoms with Crippen molar-refractivity contribution in [1.29, 1.82) is 0 Å². The molecule has 0 atom stereocenters. The Bertz CT molecular complexity index is 420. The molecule has 0 aromatic heterocycles. The van der Waals surface area contributed by atoms with Gasteiger partial charge in [0.1, 0.15) is 0 Å². The Morgan fingerprint density at radius 1 is 0.842 bits per heavy atom.